The van der Waals surface area contributed by atoms with Crippen molar-refractivity contribution in [3.63, 3.8) is 0 Å². The minimum absolute atomic E-state index is 0.0359. The van der Waals surface area contributed by atoms with Gasteiger partial charge in [0, 0.05) is 11.3 Å². The Morgan fingerprint density at radius 3 is 2.39 bits per heavy atom. The van der Waals surface area contributed by atoms with Gasteiger partial charge in [0.05, 0.1) is 16.7 Å². The molecule has 6 heteroatoms. The maximum absolute atomic E-state index is 12.2. The number of hydrogen-bond acceptors (Lipinski definition) is 4. The van der Waals surface area contributed by atoms with Crippen LogP contribution >= 0.6 is 11.3 Å². The normalized spacial score (nSPS) is 13.0. The highest BCUT2D eigenvalue weighted by atomic mass is 32.2. The van der Waals surface area contributed by atoms with Crippen molar-refractivity contribution >= 4 is 27.1 Å². The van der Waals surface area contributed by atoms with Gasteiger partial charge in [0.15, 0.2) is 9.84 Å². The van der Waals surface area contributed by atoms with Crippen LogP contribution in [-0.4, -0.2) is 20.1 Å². The highest BCUT2D eigenvalue weighted by Gasteiger charge is 2.21. The minimum atomic E-state index is -3.42. The van der Waals surface area contributed by atoms with Gasteiger partial charge in [0.25, 0.3) is 0 Å². The molecule has 1 N–H and O–H groups in total. The van der Waals surface area contributed by atoms with E-state index in [9.17, 15) is 13.2 Å². The van der Waals surface area contributed by atoms with E-state index in [4.69, 9.17) is 0 Å². The zero-order valence-corrected chi connectivity index (χ0v) is 14.9. The van der Waals surface area contributed by atoms with Crippen LogP contribution in [0.2, 0.25) is 0 Å². The van der Waals surface area contributed by atoms with E-state index < -0.39 is 9.84 Å². The fourth-order valence-electron chi connectivity index (χ4n) is 2.25. The molecule has 0 aliphatic carbocycles. The van der Waals surface area contributed by atoms with Crippen molar-refractivity contribution in [3.05, 3.63) is 52.7 Å². The third-order valence-corrected chi connectivity index (χ3v) is 6.22. The molecule has 0 radical (unpaired) electrons. The van der Waals surface area contributed by atoms with Crippen molar-refractivity contribution in [2.24, 2.45) is 5.92 Å². The Hall–Kier alpha value is -1.66. The largest absolute Gasteiger partial charge is 0.348 e. The van der Waals surface area contributed by atoms with E-state index in [1.54, 1.807) is 41.7 Å². The van der Waals surface area contributed by atoms with E-state index >= 15 is 0 Å². The maximum atomic E-state index is 12.2. The summed E-state index contributed by atoms with van der Waals surface area (Å²) in [5, 5.41) is 4.92. The van der Waals surface area contributed by atoms with Crippen molar-refractivity contribution in [1.82, 2.24) is 5.32 Å². The summed E-state index contributed by atoms with van der Waals surface area (Å²) in [5.41, 5.74) is 0. The number of rotatable bonds is 7. The molecule has 1 aromatic carbocycles. The van der Waals surface area contributed by atoms with Crippen LogP contribution in [0.25, 0.3) is 0 Å². The second-order valence-electron chi connectivity index (χ2n) is 5.69. The molecule has 23 heavy (non-hydrogen) atoms. The number of carbonyl (C=O) groups excluding carboxylic acids is 1. The average Bonchev–Trinajstić information content (AvgIpc) is 3.05. The SMILES string of the molecule is CC(C)[C@H](NC(=O)CCS(=O)(=O)c1ccccc1)c1cccs1. The van der Waals surface area contributed by atoms with Crippen molar-refractivity contribution in [3.8, 4) is 0 Å². The number of carbonyl (C=O) groups is 1. The third kappa shape index (κ3) is 4.91. The van der Waals surface area contributed by atoms with Crippen LogP contribution < -0.4 is 5.32 Å². The first-order valence-electron chi connectivity index (χ1n) is 7.51. The standard InChI is InChI=1S/C17H21NO3S2/c1-13(2)17(15-9-6-11-22-15)18-16(19)10-12-23(20,21)14-7-4-3-5-8-14/h3-9,11,13,17H,10,12H2,1-2H3,(H,18,19)/t17-/m0/s1. The summed E-state index contributed by atoms with van der Waals surface area (Å²) in [5.74, 6) is -0.182. The van der Waals surface area contributed by atoms with Crippen molar-refractivity contribution in [2.75, 3.05) is 5.75 Å². The molecular formula is C17H21NO3S2. The van der Waals surface area contributed by atoms with Crippen molar-refractivity contribution in [2.45, 2.75) is 31.2 Å². The molecule has 0 saturated heterocycles. The predicted octanol–water partition coefficient (Wildman–Crippen LogP) is 3.43. The highest BCUT2D eigenvalue weighted by molar-refractivity contribution is 7.91. The topological polar surface area (TPSA) is 63.2 Å². The molecule has 2 aromatic rings. The van der Waals surface area contributed by atoms with Crippen LogP contribution in [0.15, 0.2) is 52.7 Å². The number of hydrogen-bond donors (Lipinski definition) is 1. The molecule has 1 heterocycles. The van der Waals surface area contributed by atoms with Crippen molar-refractivity contribution in [1.29, 1.82) is 0 Å². The molecule has 1 amide bonds. The minimum Gasteiger partial charge on any atom is -0.348 e. The summed E-state index contributed by atoms with van der Waals surface area (Å²) in [6, 6.07) is 12.1. The fraction of sp³-hybridized carbons (Fsp3) is 0.353. The lowest BCUT2D eigenvalue weighted by Gasteiger charge is -2.21. The smallest absolute Gasteiger partial charge is 0.221 e. The summed E-state index contributed by atoms with van der Waals surface area (Å²) >= 11 is 1.59. The van der Waals surface area contributed by atoms with Gasteiger partial charge in [-0.3, -0.25) is 4.79 Å². The Labute approximate surface area is 141 Å². The Bertz CT molecular complexity index is 722. The predicted molar refractivity (Wildman–Crippen MR) is 93.2 cm³/mol. The quantitative estimate of drug-likeness (QED) is 0.831. The summed E-state index contributed by atoms with van der Waals surface area (Å²) in [4.78, 5) is 13.5. The van der Waals surface area contributed by atoms with Gasteiger partial charge in [0.1, 0.15) is 0 Å². The number of thiophene rings is 1. The first-order valence-corrected chi connectivity index (χ1v) is 10.0. The van der Waals surface area contributed by atoms with E-state index in [0.717, 1.165) is 4.88 Å². The number of nitrogens with one attached hydrogen (secondary N) is 1. The van der Waals surface area contributed by atoms with Gasteiger partial charge in [-0.15, -0.1) is 11.3 Å². The molecule has 0 bridgehead atoms. The van der Waals surface area contributed by atoms with E-state index in [-0.39, 0.29) is 34.9 Å². The van der Waals surface area contributed by atoms with E-state index in [2.05, 4.69) is 5.32 Å². The molecule has 0 spiro atoms. The first-order chi connectivity index (χ1) is 10.9. The fourth-order valence-corrected chi connectivity index (χ4v) is 4.46. The number of benzene rings is 1. The summed E-state index contributed by atoms with van der Waals surface area (Å²) in [6.45, 7) is 4.07. The van der Waals surface area contributed by atoms with Crippen LogP contribution in [0.4, 0.5) is 0 Å². The lowest BCUT2D eigenvalue weighted by atomic mass is 10.0. The summed E-state index contributed by atoms with van der Waals surface area (Å²) in [6.07, 6.45) is -0.0359. The van der Waals surface area contributed by atoms with Gasteiger partial charge in [-0.1, -0.05) is 38.1 Å². The van der Waals surface area contributed by atoms with E-state index in [1.807, 2.05) is 31.4 Å². The molecule has 0 unspecified atom stereocenters. The molecule has 4 nitrogen and oxygen atoms in total. The molecule has 0 saturated carbocycles. The third-order valence-electron chi connectivity index (χ3n) is 3.53. The van der Waals surface area contributed by atoms with Gasteiger partial charge >= 0.3 is 0 Å². The second kappa shape index (κ2) is 7.75. The molecule has 2 rings (SSSR count). The maximum Gasteiger partial charge on any atom is 0.221 e. The van der Waals surface area contributed by atoms with Gasteiger partial charge < -0.3 is 5.32 Å². The Morgan fingerprint density at radius 2 is 1.83 bits per heavy atom. The van der Waals surface area contributed by atoms with Gasteiger partial charge in [-0.2, -0.15) is 0 Å². The Balaban J connectivity index is 1.97. The zero-order valence-electron chi connectivity index (χ0n) is 13.2. The number of sulfone groups is 1. The summed E-state index contributed by atoms with van der Waals surface area (Å²) < 4.78 is 24.4. The molecule has 1 atom stereocenters. The van der Waals surface area contributed by atoms with Crippen LogP contribution in [0.5, 0.6) is 0 Å². The highest BCUT2D eigenvalue weighted by Crippen LogP contribution is 2.25. The number of amides is 1. The molecule has 1 aromatic heterocycles. The molecular weight excluding hydrogens is 330 g/mol. The Kier molecular flexibility index (Phi) is 5.96. The lowest BCUT2D eigenvalue weighted by Crippen LogP contribution is -2.32. The average molecular weight is 351 g/mol. The first kappa shape index (κ1) is 17.7. The van der Waals surface area contributed by atoms with E-state index in [1.165, 1.54) is 0 Å². The van der Waals surface area contributed by atoms with Gasteiger partial charge in [-0.05, 0) is 29.5 Å². The second-order valence-corrected chi connectivity index (χ2v) is 8.77. The summed E-state index contributed by atoms with van der Waals surface area (Å²) in [7, 11) is -3.42. The van der Waals surface area contributed by atoms with Crippen molar-refractivity contribution < 1.29 is 13.2 Å². The molecule has 0 aliphatic rings. The van der Waals surface area contributed by atoms with Gasteiger partial charge in [-0.25, -0.2) is 8.42 Å². The molecule has 0 fully saturated rings. The van der Waals surface area contributed by atoms with Crippen LogP contribution in [0, 0.1) is 5.92 Å². The van der Waals surface area contributed by atoms with Crippen LogP contribution in [-0.2, 0) is 14.6 Å². The van der Waals surface area contributed by atoms with Crippen LogP contribution in [0.3, 0.4) is 0 Å². The Morgan fingerprint density at radius 1 is 1.13 bits per heavy atom. The molecule has 0 aliphatic heterocycles. The van der Waals surface area contributed by atoms with E-state index in [0.29, 0.717) is 0 Å². The van der Waals surface area contributed by atoms with Gasteiger partial charge in [0.2, 0.25) is 5.91 Å². The lowest BCUT2D eigenvalue weighted by molar-refractivity contribution is -0.121. The van der Waals surface area contributed by atoms with Crippen LogP contribution in [0.1, 0.15) is 31.2 Å². The monoisotopic (exact) mass is 351 g/mol. The molecule has 124 valence electrons. The zero-order chi connectivity index (χ0) is 16.9.